The van der Waals surface area contributed by atoms with E-state index < -0.39 is 14.8 Å². The molecule has 1 aliphatic rings. The van der Waals surface area contributed by atoms with Gasteiger partial charge in [0.1, 0.15) is 0 Å². The van der Waals surface area contributed by atoms with Crippen LogP contribution in [0.3, 0.4) is 0 Å². The maximum absolute atomic E-state index is 12.1. The molecule has 1 saturated heterocycles. The Morgan fingerprint density at radius 1 is 1.14 bits per heavy atom. The van der Waals surface area contributed by atoms with Crippen molar-refractivity contribution in [3.63, 3.8) is 0 Å². The molecule has 0 saturated carbocycles. The molecule has 2 atom stereocenters. The Bertz CT molecular complexity index is 383. The first-order chi connectivity index (χ1) is 10.0. The molecule has 8 heteroatoms. The van der Waals surface area contributed by atoms with E-state index in [2.05, 4.69) is 0 Å². The average Bonchev–Trinajstić information content (AvgIpc) is 2.36. The molecule has 1 aliphatic heterocycles. The van der Waals surface area contributed by atoms with Gasteiger partial charge in [-0.3, -0.25) is 4.90 Å². The number of carbonyl (C=O) groups excluding carboxylic acids is 1. The molecule has 2 N–H and O–H groups in total. The fourth-order valence-corrected chi connectivity index (χ4v) is 5.67. The molecule has 7 nitrogen and oxygen atoms in total. The lowest BCUT2D eigenvalue weighted by atomic mass is 10.2. The number of aliphatic carboxylic acids is 1. The fourth-order valence-electron chi connectivity index (χ4n) is 2.40. The van der Waals surface area contributed by atoms with E-state index in [0.717, 1.165) is 18.6 Å². The molecule has 0 aromatic rings. The van der Waals surface area contributed by atoms with E-state index in [0.29, 0.717) is 31.3 Å². The third kappa shape index (κ3) is 4.45. The zero-order valence-electron chi connectivity index (χ0n) is 12.8. The quantitative estimate of drug-likeness (QED) is 0.436. The molecule has 0 aromatic heterocycles. The number of quaternary nitrogens is 1. The van der Waals surface area contributed by atoms with Gasteiger partial charge in [0.15, 0.2) is 5.67 Å². The molecule has 120 valence electrons. The maximum atomic E-state index is 12.1. The van der Waals surface area contributed by atoms with Crippen molar-refractivity contribution in [3.8, 4) is 0 Å². The molecular weight excluding hydrogens is 294 g/mol. The molecule has 1 amide bonds. The molecule has 0 radical (unpaired) electrons. The normalized spacial score (nSPS) is 22.2. The summed E-state index contributed by atoms with van der Waals surface area (Å²) in [5, 5.41) is 8.60. The van der Waals surface area contributed by atoms with Crippen LogP contribution in [0.4, 0.5) is 0 Å². The van der Waals surface area contributed by atoms with Crippen LogP contribution in [-0.2, 0) is 22.9 Å². The van der Waals surface area contributed by atoms with Crippen molar-refractivity contribution in [3.05, 3.63) is 12.2 Å². The predicted octanol–water partition coefficient (Wildman–Crippen LogP) is -0.601. The van der Waals surface area contributed by atoms with Crippen LogP contribution in [0.5, 0.6) is 0 Å². The number of hydrogen-bond acceptors (Lipinski definition) is 5. The van der Waals surface area contributed by atoms with Gasteiger partial charge in [-0.1, -0.05) is 0 Å². The van der Waals surface area contributed by atoms with Crippen molar-refractivity contribution in [1.82, 2.24) is 0 Å². The SMILES string of the molecule is CCO[Si](OCC)(OCC)C1CC[NH+]1C(=O)/C=C\C(=O)O. The van der Waals surface area contributed by atoms with Crippen LogP contribution in [0.25, 0.3) is 0 Å². The number of carbonyl (C=O) groups is 2. The second kappa shape index (κ2) is 8.40. The summed E-state index contributed by atoms with van der Waals surface area (Å²) in [6, 6.07) is 0. The van der Waals surface area contributed by atoms with Gasteiger partial charge in [0.25, 0.3) is 0 Å². The van der Waals surface area contributed by atoms with Gasteiger partial charge >= 0.3 is 20.7 Å². The molecule has 21 heavy (non-hydrogen) atoms. The van der Waals surface area contributed by atoms with Gasteiger partial charge in [-0.15, -0.1) is 0 Å². The van der Waals surface area contributed by atoms with Crippen LogP contribution in [0, 0.1) is 0 Å². The zero-order valence-corrected chi connectivity index (χ0v) is 13.8. The highest BCUT2D eigenvalue weighted by atomic mass is 28.4. The minimum absolute atomic E-state index is 0.164. The lowest BCUT2D eigenvalue weighted by Crippen LogP contribution is -3.27. The highest BCUT2D eigenvalue weighted by Gasteiger charge is 2.61. The van der Waals surface area contributed by atoms with E-state index in [-0.39, 0.29) is 11.6 Å². The molecule has 2 unspecified atom stereocenters. The number of amides is 1. The topological polar surface area (TPSA) is 86.5 Å². The number of hydrogen-bond donors (Lipinski definition) is 2. The summed E-state index contributed by atoms with van der Waals surface area (Å²) >= 11 is 0. The first-order valence-corrected chi connectivity index (χ1v) is 9.03. The van der Waals surface area contributed by atoms with E-state index >= 15 is 0 Å². The second-order valence-electron chi connectivity index (χ2n) is 4.55. The monoisotopic (exact) mass is 318 g/mol. The van der Waals surface area contributed by atoms with Gasteiger partial charge in [0.2, 0.25) is 0 Å². The van der Waals surface area contributed by atoms with E-state index in [1.165, 1.54) is 0 Å². The summed E-state index contributed by atoms with van der Waals surface area (Å²) in [6.07, 6.45) is 2.72. The standard InChI is InChI=1S/C13H23NO6Si/c1-4-18-21(19-5-2,20-6-3)12-9-10-14(12)11(15)7-8-13(16)17/h7-8,12H,4-6,9-10H2,1-3H3,(H,16,17)/p+1/b8-7-. The van der Waals surface area contributed by atoms with Crippen LogP contribution < -0.4 is 4.90 Å². The minimum Gasteiger partial charge on any atom is -0.478 e. The van der Waals surface area contributed by atoms with Crippen molar-refractivity contribution < 1.29 is 32.9 Å². The largest absolute Gasteiger partial charge is 0.563 e. The molecule has 0 aliphatic carbocycles. The van der Waals surface area contributed by atoms with Crippen LogP contribution >= 0.6 is 0 Å². The summed E-state index contributed by atoms with van der Waals surface area (Å²) in [7, 11) is -2.93. The summed E-state index contributed by atoms with van der Waals surface area (Å²) in [6.45, 7) is 7.59. The van der Waals surface area contributed by atoms with Crippen molar-refractivity contribution in [2.45, 2.75) is 32.9 Å². The Balaban J connectivity index is 2.87. The number of nitrogens with one attached hydrogen (secondary N) is 1. The number of likely N-dealkylation sites (tertiary alicyclic amines) is 1. The molecule has 1 heterocycles. The van der Waals surface area contributed by atoms with Crippen LogP contribution in [-0.4, -0.2) is 57.8 Å². The Kier molecular flexibility index (Phi) is 7.19. The van der Waals surface area contributed by atoms with Gasteiger partial charge < -0.3 is 18.4 Å². The molecule has 1 fully saturated rings. The van der Waals surface area contributed by atoms with Crippen molar-refractivity contribution in [1.29, 1.82) is 0 Å². The van der Waals surface area contributed by atoms with E-state index in [4.69, 9.17) is 18.4 Å². The third-order valence-corrected chi connectivity index (χ3v) is 6.84. The predicted molar refractivity (Wildman–Crippen MR) is 76.6 cm³/mol. The van der Waals surface area contributed by atoms with E-state index in [9.17, 15) is 9.59 Å². The van der Waals surface area contributed by atoms with Crippen LogP contribution in [0.2, 0.25) is 0 Å². The molecule has 0 bridgehead atoms. The van der Waals surface area contributed by atoms with E-state index in [1.807, 2.05) is 20.8 Å². The number of carboxylic acids is 1. The van der Waals surface area contributed by atoms with Crippen molar-refractivity contribution in [2.75, 3.05) is 26.4 Å². The summed E-state index contributed by atoms with van der Waals surface area (Å²) in [4.78, 5) is 23.2. The summed E-state index contributed by atoms with van der Waals surface area (Å²) in [5.41, 5.74) is -0.164. The second-order valence-corrected chi connectivity index (χ2v) is 7.32. The van der Waals surface area contributed by atoms with Crippen LogP contribution in [0.1, 0.15) is 27.2 Å². The zero-order chi connectivity index (χ0) is 15.9. The van der Waals surface area contributed by atoms with E-state index in [1.54, 1.807) is 0 Å². The smallest absolute Gasteiger partial charge is 0.478 e. The third-order valence-electron chi connectivity index (χ3n) is 3.28. The molecular formula is C13H24NO6Si+. The Morgan fingerprint density at radius 2 is 1.67 bits per heavy atom. The van der Waals surface area contributed by atoms with Crippen molar-refractivity contribution in [2.24, 2.45) is 0 Å². The molecule has 1 rings (SSSR count). The van der Waals surface area contributed by atoms with Gasteiger partial charge in [-0.2, -0.15) is 0 Å². The minimum atomic E-state index is -2.93. The van der Waals surface area contributed by atoms with Gasteiger partial charge in [0, 0.05) is 32.0 Å². The highest BCUT2D eigenvalue weighted by molar-refractivity contribution is 6.62. The maximum Gasteiger partial charge on any atom is 0.563 e. The first-order valence-electron chi connectivity index (χ1n) is 7.23. The lowest BCUT2D eigenvalue weighted by Gasteiger charge is -2.42. The highest BCUT2D eigenvalue weighted by Crippen LogP contribution is 2.19. The number of carboxylic acid groups (broad SMARTS) is 1. The lowest BCUT2D eigenvalue weighted by molar-refractivity contribution is -0.880. The summed E-state index contributed by atoms with van der Waals surface area (Å²) in [5.74, 6) is -1.41. The molecule has 0 aromatic carbocycles. The van der Waals surface area contributed by atoms with Gasteiger partial charge in [0.05, 0.1) is 13.0 Å². The van der Waals surface area contributed by atoms with Crippen molar-refractivity contribution >= 4 is 20.7 Å². The van der Waals surface area contributed by atoms with Crippen LogP contribution in [0.15, 0.2) is 12.2 Å². The Morgan fingerprint density at radius 3 is 2.00 bits per heavy atom. The Labute approximate surface area is 125 Å². The summed E-state index contributed by atoms with van der Waals surface area (Å²) < 4.78 is 17.4. The van der Waals surface area contributed by atoms with Gasteiger partial charge in [-0.05, 0) is 20.8 Å². The molecule has 0 spiro atoms. The Hall–Kier alpha value is -1.06. The first kappa shape index (κ1) is 18.0. The number of rotatable bonds is 9. The van der Waals surface area contributed by atoms with Gasteiger partial charge in [-0.25, -0.2) is 9.59 Å². The average molecular weight is 318 g/mol. The fraction of sp³-hybridized carbons (Fsp3) is 0.692.